The van der Waals surface area contributed by atoms with Crippen LogP contribution in [0.15, 0.2) is 12.1 Å². The van der Waals surface area contributed by atoms with E-state index in [1.807, 2.05) is 6.07 Å². The van der Waals surface area contributed by atoms with Crippen LogP contribution in [0.1, 0.15) is 51.2 Å². The SMILES string of the molecule is COCc1cc(OC)c(OC)c(C2(C)CCCC2(C)C)c1. The fourth-order valence-electron chi connectivity index (χ4n) is 3.68. The minimum Gasteiger partial charge on any atom is -0.493 e. The zero-order valence-corrected chi connectivity index (χ0v) is 14.2. The minimum absolute atomic E-state index is 0.0926. The van der Waals surface area contributed by atoms with Gasteiger partial charge in [0.2, 0.25) is 0 Å². The topological polar surface area (TPSA) is 27.7 Å². The van der Waals surface area contributed by atoms with E-state index in [0.29, 0.717) is 6.61 Å². The minimum atomic E-state index is 0.0926. The lowest BCUT2D eigenvalue weighted by atomic mass is 9.65. The lowest BCUT2D eigenvalue weighted by Crippen LogP contribution is -2.34. The van der Waals surface area contributed by atoms with Gasteiger partial charge in [-0.3, -0.25) is 0 Å². The van der Waals surface area contributed by atoms with Gasteiger partial charge >= 0.3 is 0 Å². The summed E-state index contributed by atoms with van der Waals surface area (Å²) in [5, 5.41) is 0. The standard InChI is InChI=1S/C18H28O3/c1-17(2)8-7-9-18(17,3)14-10-13(12-19-4)11-15(20-5)16(14)21-6/h10-11H,7-9,12H2,1-6H3. The molecule has 1 aliphatic rings. The third kappa shape index (κ3) is 2.64. The van der Waals surface area contributed by atoms with Crippen molar-refractivity contribution in [3.63, 3.8) is 0 Å². The summed E-state index contributed by atoms with van der Waals surface area (Å²) in [5.41, 5.74) is 2.72. The van der Waals surface area contributed by atoms with Gasteiger partial charge in [0, 0.05) is 18.1 Å². The van der Waals surface area contributed by atoms with Crippen LogP contribution >= 0.6 is 0 Å². The Morgan fingerprint density at radius 1 is 1.00 bits per heavy atom. The fraction of sp³-hybridized carbons (Fsp3) is 0.667. The molecule has 3 heteroatoms. The summed E-state index contributed by atoms with van der Waals surface area (Å²) in [5.74, 6) is 1.67. The van der Waals surface area contributed by atoms with E-state index in [1.54, 1.807) is 21.3 Å². The first-order chi connectivity index (χ1) is 9.89. The molecular formula is C18H28O3. The van der Waals surface area contributed by atoms with Crippen molar-refractivity contribution in [3.8, 4) is 11.5 Å². The predicted molar refractivity (Wildman–Crippen MR) is 85.2 cm³/mol. The molecule has 2 rings (SSSR count). The first-order valence-electron chi connectivity index (χ1n) is 7.64. The number of hydrogen-bond acceptors (Lipinski definition) is 3. The number of methoxy groups -OCH3 is 3. The lowest BCUT2D eigenvalue weighted by molar-refractivity contribution is 0.183. The molecule has 0 saturated heterocycles. The molecule has 0 aromatic heterocycles. The molecule has 3 nitrogen and oxygen atoms in total. The maximum Gasteiger partial charge on any atom is 0.164 e. The highest BCUT2D eigenvalue weighted by molar-refractivity contribution is 5.53. The third-order valence-corrected chi connectivity index (χ3v) is 5.42. The molecule has 0 spiro atoms. The van der Waals surface area contributed by atoms with Crippen molar-refractivity contribution in [2.45, 2.75) is 52.1 Å². The summed E-state index contributed by atoms with van der Waals surface area (Å²) < 4.78 is 16.6. The van der Waals surface area contributed by atoms with Crippen LogP contribution in [-0.2, 0) is 16.8 Å². The van der Waals surface area contributed by atoms with Gasteiger partial charge in [0.05, 0.1) is 20.8 Å². The highest BCUT2D eigenvalue weighted by Gasteiger charge is 2.48. The van der Waals surface area contributed by atoms with Crippen LogP contribution in [0.2, 0.25) is 0 Å². The van der Waals surface area contributed by atoms with E-state index >= 15 is 0 Å². The molecule has 0 N–H and O–H groups in total. The smallest absolute Gasteiger partial charge is 0.164 e. The van der Waals surface area contributed by atoms with Gasteiger partial charge in [-0.15, -0.1) is 0 Å². The molecule has 118 valence electrons. The molecular weight excluding hydrogens is 264 g/mol. The Hall–Kier alpha value is -1.22. The van der Waals surface area contributed by atoms with Crippen molar-refractivity contribution in [2.24, 2.45) is 5.41 Å². The highest BCUT2D eigenvalue weighted by atomic mass is 16.5. The maximum atomic E-state index is 5.71. The molecule has 0 heterocycles. The van der Waals surface area contributed by atoms with E-state index in [1.165, 1.54) is 24.8 Å². The Bertz CT molecular complexity index is 507. The average Bonchev–Trinajstić information content (AvgIpc) is 2.73. The molecule has 1 fully saturated rings. The van der Waals surface area contributed by atoms with E-state index in [2.05, 4.69) is 26.8 Å². The summed E-state index contributed by atoms with van der Waals surface area (Å²) in [4.78, 5) is 0. The van der Waals surface area contributed by atoms with E-state index < -0.39 is 0 Å². The van der Waals surface area contributed by atoms with E-state index in [9.17, 15) is 0 Å². The van der Waals surface area contributed by atoms with Crippen LogP contribution in [0, 0.1) is 5.41 Å². The number of benzene rings is 1. The maximum absolute atomic E-state index is 5.71. The molecule has 21 heavy (non-hydrogen) atoms. The first kappa shape index (κ1) is 16.2. The predicted octanol–water partition coefficient (Wildman–Crippen LogP) is 4.32. The number of rotatable bonds is 5. The van der Waals surface area contributed by atoms with Crippen LogP contribution in [0.5, 0.6) is 11.5 Å². The Balaban J connectivity index is 2.63. The largest absolute Gasteiger partial charge is 0.493 e. The van der Waals surface area contributed by atoms with Gasteiger partial charge in [-0.2, -0.15) is 0 Å². The average molecular weight is 292 g/mol. The van der Waals surface area contributed by atoms with Crippen molar-refractivity contribution in [2.75, 3.05) is 21.3 Å². The Morgan fingerprint density at radius 2 is 1.71 bits per heavy atom. The Kier molecular flexibility index (Phi) is 4.52. The van der Waals surface area contributed by atoms with Crippen LogP contribution in [0.3, 0.4) is 0 Å². The summed E-state index contributed by atoms with van der Waals surface area (Å²) in [6, 6.07) is 4.25. The summed E-state index contributed by atoms with van der Waals surface area (Å²) >= 11 is 0. The first-order valence-corrected chi connectivity index (χ1v) is 7.64. The molecule has 1 aromatic rings. The van der Waals surface area contributed by atoms with Crippen LogP contribution in [0.4, 0.5) is 0 Å². The van der Waals surface area contributed by atoms with Gasteiger partial charge in [0.1, 0.15) is 0 Å². The Morgan fingerprint density at radius 3 is 2.19 bits per heavy atom. The monoisotopic (exact) mass is 292 g/mol. The van der Waals surface area contributed by atoms with Gasteiger partial charge in [-0.25, -0.2) is 0 Å². The molecule has 1 aromatic carbocycles. The van der Waals surface area contributed by atoms with Gasteiger partial charge in [0.25, 0.3) is 0 Å². The third-order valence-electron chi connectivity index (χ3n) is 5.42. The lowest BCUT2D eigenvalue weighted by Gasteiger charge is -2.40. The molecule has 1 unspecified atom stereocenters. The highest BCUT2D eigenvalue weighted by Crippen LogP contribution is 2.57. The van der Waals surface area contributed by atoms with Crippen LogP contribution in [0.25, 0.3) is 0 Å². The van der Waals surface area contributed by atoms with Crippen molar-refractivity contribution < 1.29 is 14.2 Å². The quantitative estimate of drug-likeness (QED) is 0.809. The molecule has 0 radical (unpaired) electrons. The normalized spacial score (nSPS) is 24.1. The molecule has 0 aliphatic heterocycles. The fourth-order valence-corrected chi connectivity index (χ4v) is 3.68. The van der Waals surface area contributed by atoms with Gasteiger partial charge in [-0.05, 0) is 36.0 Å². The van der Waals surface area contributed by atoms with E-state index in [0.717, 1.165) is 17.1 Å². The zero-order valence-electron chi connectivity index (χ0n) is 14.2. The van der Waals surface area contributed by atoms with Crippen molar-refractivity contribution >= 4 is 0 Å². The van der Waals surface area contributed by atoms with E-state index in [-0.39, 0.29) is 10.8 Å². The van der Waals surface area contributed by atoms with Crippen LogP contribution < -0.4 is 9.47 Å². The molecule has 1 atom stereocenters. The number of hydrogen-bond donors (Lipinski definition) is 0. The second-order valence-electron chi connectivity index (χ2n) is 6.88. The summed E-state index contributed by atoms with van der Waals surface area (Å²) in [6.45, 7) is 7.65. The molecule has 0 bridgehead atoms. The van der Waals surface area contributed by atoms with Crippen molar-refractivity contribution in [1.29, 1.82) is 0 Å². The molecule has 1 saturated carbocycles. The second-order valence-corrected chi connectivity index (χ2v) is 6.88. The Labute approximate surface area is 128 Å². The molecule has 1 aliphatic carbocycles. The van der Waals surface area contributed by atoms with Gasteiger partial charge < -0.3 is 14.2 Å². The van der Waals surface area contributed by atoms with E-state index in [4.69, 9.17) is 14.2 Å². The van der Waals surface area contributed by atoms with Gasteiger partial charge in [-0.1, -0.05) is 27.2 Å². The summed E-state index contributed by atoms with van der Waals surface area (Å²) in [6.07, 6.45) is 3.67. The van der Waals surface area contributed by atoms with Gasteiger partial charge in [0.15, 0.2) is 11.5 Å². The summed E-state index contributed by atoms with van der Waals surface area (Å²) in [7, 11) is 5.14. The van der Waals surface area contributed by atoms with Crippen molar-refractivity contribution in [1.82, 2.24) is 0 Å². The number of ether oxygens (including phenoxy) is 3. The van der Waals surface area contributed by atoms with Crippen LogP contribution in [-0.4, -0.2) is 21.3 Å². The van der Waals surface area contributed by atoms with Crippen molar-refractivity contribution in [3.05, 3.63) is 23.3 Å². The second kappa shape index (κ2) is 5.88. The molecule has 0 amide bonds. The zero-order chi connectivity index (χ0) is 15.7.